The van der Waals surface area contributed by atoms with E-state index in [1.54, 1.807) is 6.07 Å². The summed E-state index contributed by atoms with van der Waals surface area (Å²) in [6.07, 6.45) is 4.95. The highest BCUT2D eigenvalue weighted by atomic mass is 79.9. The molecule has 1 heterocycles. The molecule has 108 valence electrons. The molecule has 0 spiro atoms. The molecule has 1 saturated heterocycles. The summed E-state index contributed by atoms with van der Waals surface area (Å²) in [5.74, 6) is -2.26. The number of allylic oxidation sites excluding steroid dienone is 2. The third-order valence-electron chi connectivity index (χ3n) is 3.94. The van der Waals surface area contributed by atoms with Gasteiger partial charge in [0.25, 0.3) is 0 Å². The van der Waals surface area contributed by atoms with Crippen LogP contribution in [0.5, 0.6) is 0 Å². The van der Waals surface area contributed by atoms with Gasteiger partial charge >= 0.3 is 5.97 Å². The molecular weight excluding hydrogens is 338 g/mol. The summed E-state index contributed by atoms with van der Waals surface area (Å²) in [4.78, 5) is 37.2. The van der Waals surface area contributed by atoms with E-state index >= 15 is 0 Å². The lowest BCUT2D eigenvalue weighted by molar-refractivity contribution is -0.122. The van der Waals surface area contributed by atoms with Gasteiger partial charge in [0.1, 0.15) is 0 Å². The fourth-order valence-electron chi connectivity index (χ4n) is 2.85. The van der Waals surface area contributed by atoms with Crippen LogP contribution in [0, 0.1) is 11.8 Å². The predicted molar refractivity (Wildman–Crippen MR) is 78.9 cm³/mol. The van der Waals surface area contributed by atoms with Gasteiger partial charge in [0, 0.05) is 4.47 Å². The fraction of sp³-hybridized carbons (Fsp3) is 0.267. The van der Waals surface area contributed by atoms with Gasteiger partial charge in [-0.2, -0.15) is 0 Å². The molecule has 0 radical (unpaired) electrons. The van der Waals surface area contributed by atoms with Gasteiger partial charge in [0.15, 0.2) is 0 Å². The second kappa shape index (κ2) is 5.11. The van der Waals surface area contributed by atoms with Crippen LogP contribution in [0.25, 0.3) is 0 Å². The van der Waals surface area contributed by atoms with Crippen molar-refractivity contribution in [3.8, 4) is 0 Å². The minimum atomic E-state index is -1.10. The number of hydrogen-bond acceptors (Lipinski definition) is 3. The van der Waals surface area contributed by atoms with Gasteiger partial charge in [0.05, 0.1) is 23.1 Å². The van der Waals surface area contributed by atoms with Gasteiger partial charge in [-0.15, -0.1) is 0 Å². The number of carboxylic acids is 1. The van der Waals surface area contributed by atoms with Crippen LogP contribution in [0.3, 0.4) is 0 Å². The minimum Gasteiger partial charge on any atom is -0.478 e. The highest BCUT2D eigenvalue weighted by Gasteiger charge is 2.48. The molecule has 1 aliphatic carbocycles. The van der Waals surface area contributed by atoms with E-state index in [1.165, 1.54) is 12.1 Å². The molecule has 2 atom stereocenters. The summed E-state index contributed by atoms with van der Waals surface area (Å²) in [5, 5.41) is 9.07. The summed E-state index contributed by atoms with van der Waals surface area (Å²) in [5.41, 5.74) is 0.348. The van der Waals surface area contributed by atoms with Crippen molar-refractivity contribution < 1.29 is 19.5 Å². The zero-order valence-electron chi connectivity index (χ0n) is 11.0. The fourth-order valence-corrected chi connectivity index (χ4v) is 3.28. The average molecular weight is 350 g/mol. The molecule has 5 nitrogen and oxygen atoms in total. The molecule has 21 heavy (non-hydrogen) atoms. The van der Waals surface area contributed by atoms with E-state index in [4.69, 9.17) is 5.11 Å². The molecule has 2 aliphatic rings. The van der Waals surface area contributed by atoms with Crippen LogP contribution in [-0.4, -0.2) is 22.9 Å². The molecule has 6 heteroatoms. The van der Waals surface area contributed by atoms with Crippen LogP contribution >= 0.6 is 15.9 Å². The van der Waals surface area contributed by atoms with Crippen molar-refractivity contribution in [3.63, 3.8) is 0 Å². The topological polar surface area (TPSA) is 74.7 Å². The SMILES string of the molecule is O=C(O)c1ccc(Br)c(N2C(=O)C3CC=CCC3C2=O)c1. The Kier molecular flexibility index (Phi) is 3.41. The van der Waals surface area contributed by atoms with Gasteiger partial charge in [0.2, 0.25) is 11.8 Å². The monoisotopic (exact) mass is 349 g/mol. The van der Waals surface area contributed by atoms with Crippen LogP contribution in [-0.2, 0) is 9.59 Å². The van der Waals surface area contributed by atoms with Crippen LogP contribution in [0.1, 0.15) is 23.2 Å². The lowest BCUT2D eigenvalue weighted by Gasteiger charge is -2.17. The van der Waals surface area contributed by atoms with Gasteiger partial charge in [-0.1, -0.05) is 12.2 Å². The Balaban J connectivity index is 2.05. The minimum absolute atomic E-state index is 0.0433. The van der Waals surface area contributed by atoms with Gasteiger partial charge in [-0.3, -0.25) is 9.59 Å². The van der Waals surface area contributed by atoms with Crippen molar-refractivity contribution in [2.75, 3.05) is 4.90 Å². The van der Waals surface area contributed by atoms with Gasteiger partial charge < -0.3 is 5.11 Å². The Morgan fingerprint density at radius 2 is 1.71 bits per heavy atom. The number of carbonyl (C=O) groups excluding carboxylic acids is 2. The van der Waals surface area contributed by atoms with E-state index in [0.717, 1.165) is 4.90 Å². The maximum atomic E-state index is 12.5. The molecule has 2 amide bonds. The van der Waals surface area contributed by atoms with Crippen LogP contribution < -0.4 is 4.90 Å². The van der Waals surface area contributed by atoms with E-state index in [2.05, 4.69) is 15.9 Å². The van der Waals surface area contributed by atoms with Crippen molar-refractivity contribution in [3.05, 3.63) is 40.4 Å². The zero-order valence-corrected chi connectivity index (χ0v) is 12.5. The average Bonchev–Trinajstić information content (AvgIpc) is 2.72. The number of anilines is 1. The van der Waals surface area contributed by atoms with Crippen LogP contribution in [0.4, 0.5) is 5.69 Å². The maximum absolute atomic E-state index is 12.5. The molecule has 2 unspecified atom stereocenters. The second-order valence-electron chi connectivity index (χ2n) is 5.14. The number of amides is 2. The lowest BCUT2D eigenvalue weighted by atomic mass is 9.85. The lowest BCUT2D eigenvalue weighted by Crippen LogP contribution is -2.31. The maximum Gasteiger partial charge on any atom is 0.335 e. The number of carboxylic acid groups (broad SMARTS) is 1. The number of halogens is 1. The number of rotatable bonds is 2. The van der Waals surface area contributed by atoms with Gasteiger partial charge in [-0.25, -0.2) is 9.69 Å². The molecule has 1 aromatic carbocycles. The van der Waals surface area contributed by atoms with E-state index in [9.17, 15) is 14.4 Å². The third kappa shape index (κ3) is 2.19. The zero-order chi connectivity index (χ0) is 15.1. The molecule has 1 fully saturated rings. The van der Waals surface area contributed by atoms with Crippen LogP contribution in [0.2, 0.25) is 0 Å². The van der Waals surface area contributed by atoms with Crippen molar-refractivity contribution in [2.45, 2.75) is 12.8 Å². The number of carbonyl (C=O) groups is 3. The number of nitrogens with zero attached hydrogens (tertiary/aromatic N) is 1. The highest BCUT2D eigenvalue weighted by molar-refractivity contribution is 9.10. The first kappa shape index (κ1) is 14.0. The number of hydrogen-bond donors (Lipinski definition) is 1. The third-order valence-corrected chi connectivity index (χ3v) is 4.61. The van der Waals surface area contributed by atoms with Crippen molar-refractivity contribution in [1.82, 2.24) is 0 Å². The van der Waals surface area contributed by atoms with Crippen molar-refractivity contribution in [1.29, 1.82) is 0 Å². The molecule has 0 aromatic heterocycles. The smallest absolute Gasteiger partial charge is 0.335 e. The normalized spacial score (nSPS) is 24.3. The Morgan fingerprint density at radius 3 is 2.24 bits per heavy atom. The number of imide groups is 1. The predicted octanol–water partition coefficient (Wildman–Crippen LogP) is 2.60. The van der Waals surface area contributed by atoms with Crippen molar-refractivity contribution >= 4 is 39.4 Å². The first-order chi connectivity index (χ1) is 10.0. The second-order valence-corrected chi connectivity index (χ2v) is 5.99. The van der Waals surface area contributed by atoms with E-state index < -0.39 is 5.97 Å². The molecule has 1 aliphatic heterocycles. The summed E-state index contributed by atoms with van der Waals surface area (Å²) in [6.45, 7) is 0. The van der Waals surface area contributed by atoms with E-state index in [-0.39, 0.29) is 29.2 Å². The Bertz CT molecular complexity index is 656. The van der Waals surface area contributed by atoms with E-state index in [0.29, 0.717) is 23.0 Å². The first-order valence-electron chi connectivity index (χ1n) is 6.56. The van der Waals surface area contributed by atoms with Crippen molar-refractivity contribution in [2.24, 2.45) is 11.8 Å². The van der Waals surface area contributed by atoms with Gasteiger partial charge in [-0.05, 0) is 47.0 Å². The van der Waals surface area contributed by atoms with Crippen LogP contribution in [0.15, 0.2) is 34.8 Å². The first-order valence-corrected chi connectivity index (χ1v) is 7.35. The highest BCUT2D eigenvalue weighted by Crippen LogP contribution is 2.40. The van der Waals surface area contributed by atoms with E-state index in [1.807, 2.05) is 12.2 Å². The Labute approximate surface area is 129 Å². The summed E-state index contributed by atoms with van der Waals surface area (Å²) in [7, 11) is 0. The quantitative estimate of drug-likeness (QED) is 0.657. The Morgan fingerprint density at radius 1 is 1.14 bits per heavy atom. The molecule has 1 N–H and O–H groups in total. The summed E-state index contributed by atoms with van der Waals surface area (Å²) in [6, 6.07) is 4.32. The summed E-state index contributed by atoms with van der Waals surface area (Å²) < 4.78 is 0.529. The standard InChI is InChI=1S/C15H12BrNO4/c16-11-6-5-8(15(20)21)7-12(11)17-13(18)9-3-1-2-4-10(9)14(17)19/h1-2,5-7,9-10H,3-4H2,(H,20,21). The number of benzene rings is 1. The molecule has 3 rings (SSSR count). The summed E-state index contributed by atoms with van der Waals surface area (Å²) >= 11 is 3.29. The number of fused-ring (bicyclic) bond motifs is 1. The molecule has 0 saturated carbocycles. The molecular formula is C15H12BrNO4. The molecule has 1 aromatic rings. The Hall–Kier alpha value is -1.95. The largest absolute Gasteiger partial charge is 0.478 e. The number of aromatic carboxylic acids is 1. The molecule has 0 bridgehead atoms.